The van der Waals surface area contributed by atoms with Crippen molar-refractivity contribution in [2.24, 2.45) is 0 Å². The van der Waals surface area contributed by atoms with E-state index in [4.69, 9.17) is 4.84 Å². The number of anilines is 1. The van der Waals surface area contributed by atoms with E-state index in [0.29, 0.717) is 6.42 Å². The van der Waals surface area contributed by atoms with Crippen LogP contribution in [0, 0.1) is 0 Å². The van der Waals surface area contributed by atoms with Gasteiger partial charge in [-0.2, -0.15) is 5.48 Å². The second-order valence-corrected chi connectivity index (χ2v) is 6.66. The molecule has 25 heavy (non-hydrogen) atoms. The third-order valence-corrected chi connectivity index (χ3v) is 4.97. The monoisotopic (exact) mass is 337 g/mol. The molecule has 5 heteroatoms. The average molecular weight is 337 g/mol. The maximum absolute atomic E-state index is 11.3. The van der Waals surface area contributed by atoms with Gasteiger partial charge in [0, 0.05) is 44.0 Å². The number of amides is 1. The van der Waals surface area contributed by atoms with Gasteiger partial charge in [-0.25, -0.2) is 0 Å². The molecule has 1 fully saturated rings. The molecule has 0 unspecified atom stereocenters. The van der Waals surface area contributed by atoms with Crippen molar-refractivity contribution in [3.8, 4) is 5.75 Å². The Labute approximate surface area is 148 Å². The topological polar surface area (TPSA) is 44.8 Å². The molecule has 2 aliphatic rings. The quantitative estimate of drug-likeness (QED) is 0.927. The van der Waals surface area contributed by atoms with Crippen molar-refractivity contribution in [1.82, 2.24) is 10.4 Å². The lowest BCUT2D eigenvalue weighted by Crippen LogP contribution is -2.47. The predicted molar refractivity (Wildman–Crippen MR) is 97.7 cm³/mol. The van der Waals surface area contributed by atoms with Crippen LogP contribution in [0.5, 0.6) is 5.75 Å². The Morgan fingerprint density at radius 2 is 1.80 bits per heavy atom. The van der Waals surface area contributed by atoms with Crippen LogP contribution in [-0.2, 0) is 17.6 Å². The lowest BCUT2D eigenvalue weighted by atomic mass is 10.0. The minimum Gasteiger partial charge on any atom is -0.379 e. The zero-order chi connectivity index (χ0) is 17.1. The fourth-order valence-electron chi connectivity index (χ4n) is 3.47. The molecule has 0 spiro atoms. The fraction of sp³-hybridized carbons (Fsp3) is 0.350. The summed E-state index contributed by atoms with van der Waals surface area (Å²) in [5, 5.41) is 0. The molecular formula is C20H23N3O2. The van der Waals surface area contributed by atoms with Crippen LogP contribution in [0.4, 0.5) is 5.69 Å². The Balaban J connectivity index is 1.29. The number of benzene rings is 2. The molecule has 2 aliphatic heterocycles. The Morgan fingerprint density at radius 1 is 1.00 bits per heavy atom. The summed E-state index contributed by atoms with van der Waals surface area (Å²) in [4.78, 5) is 21.6. The largest absolute Gasteiger partial charge is 0.379 e. The smallest absolute Gasteiger partial charge is 0.257 e. The number of carbonyl (C=O) groups excluding carboxylic acids is 1. The maximum Gasteiger partial charge on any atom is 0.257 e. The highest BCUT2D eigenvalue weighted by Gasteiger charge is 2.19. The van der Waals surface area contributed by atoms with E-state index in [1.807, 2.05) is 6.07 Å². The van der Waals surface area contributed by atoms with Crippen molar-refractivity contribution in [3.05, 3.63) is 59.7 Å². The van der Waals surface area contributed by atoms with E-state index in [1.165, 1.54) is 11.3 Å². The van der Waals surface area contributed by atoms with E-state index < -0.39 is 0 Å². The highest BCUT2D eigenvalue weighted by atomic mass is 16.7. The number of nitrogens with one attached hydrogen (secondary N) is 1. The average Bonchev–Trinajstić information content (AvgIpc) is 2.67. The number of piperazine rings is 1. The highest BCUT2D eigenvalue weighted by molar-refractivity contribution is 5.80. The van der Waals surface area contributed by atoms with E-state index in [1.54, 1.807) is 0 Å². The number of fused-ring (bicyclic) bond motifs is 1. The number of hydroxylamine groups is 1. The normalized spacial score (nSPS) is 17.6. The molecule has 0 aliphatic carbocycles. The van der Waals surface area contributed by atoms with Gasteiger partial charge >= 0.3 is 0 Å². The van der Waals surface area contributed by atoms with Crippen molar-refractivity contribution in [3.63, 3.8) is 0 Å². The summed E-state index contributed by atoms with van der Waals surface area (Å²) in [7, 11) is 0. The molecule has 2 aromatic carbocycles. The highest BCUT2D eigenvalue weighted by Crippen LogP contribution is 2.23. The summed E-state index contributed by atoms with van der Waals surface area (Å²) >= 11 is 0. The van der Waals surface area contributed by atoms with Crippen LogP contribution < -0.4 is 15.2 Å². The van der Waals surface area contributed by atoms with E-state index >= 15 is 0 Å². The first-order chi connectivity index (χ1) is 12.3. The number of nitrogens with zero attached hydrogens (tertiary/aromatic N) is 2. The Kier molecular flexibility index (Phi) is 4.57. The summed E-state index contributed by atoms with van der Waals surface area (Å²) in [6, 6.07) is 16.8. The lowest BCUT2D eigenvalue weighted by molar-refractivity contribution is -0.128. The number of rotatable bonds is 4. The van der Waals surface area contributed by atoms with Gasteiger partial charge in [-0.15, -0.1) is 0 Å². The summed E-state index contributed by atoms with van der Waals surface area (Å²) < 4.78 is 0. The van der Waals surface area contributed by atoms with Crippen LogP contribution in [0.3, 0.4) is 0 Å². The van der Waals surface area contributed by atoms with Crippen LogP contribution in [0.1, 0.15) is 11.1 Å². The minimum absolute atomic E-state index is 0.0865. The van der Waals surface area contributed by atoms with E-state index in [9.17, 15) is 4.79 Å². The molecule has 0 radical (unpaired) electrons. The molecule has 5 nitrogen and oxygen atoms in total. The van der Waals surface area contributed by atoms with Gasteiger partial charge in [0.2, 0.25) is 0 Å². The number of hydrogen-bond acceptors (Lipinski definition) is 4. The number of para-hydroxylation sites is 1. The van der Waals surface area contributed by atoms with E-state index in [-0.39, 0.29) is 5.91 Å². The first-order valence-electron chi connectivity index (χ1n) is 8.88. The molecule has 0 aromatic heterocycles. The van der Waals surface area contributed by atoms with Crippen molar-refractivity contribution in [2.45, 2.75) is 12.8 Å². The molecule has 2 heterocycles. The second-order valence-electron chi connectivity index (χ2n) is 6.66. The van der Waals surface area contributed by atoms with Crippen LogP contribution >= 0.6 is 0 Å². The SMILES string of the molecule is O=C1Cc2ccc(CCN3CCN(c4ccccc4)CC3)cc2ON1. The van der Waals surface area contributed by atoms with Gasteiger partial charge < -0.3 is 9.74 Å². The van der Waals surface area contributed by atoms with Gasteiger partial charge in [-0.1, -0.05) is 30.3 Å². The van der Waals surface area contributed by atoms with Crippen LogP contribution in [-0.4, -0.2) is 43.5 Å². The molecule has 0 bridgehead atoms. The minimum atomic E-state index is -0.0865. The zero-order valence-corrected chi connectivity index (χ0v) is 14.3. The Bertz CT molecular complexity index is 740. The molecule has 4 rings (SSSR count). The second kappa shape index (κ2) is 7.15. The van der Waals surface area contributed by atoms with Crippen molar-refractivity contribution < 1.29 is 9.63 Å². The van der Waals surface area contributed by atoms with Crippen LogP contribution in [0.2, 0.25) is 0 Å². The standard InChI is InChI=1S/C20H23N3O2/c24-20-15-17-7-6-16(14-19(17)25-21-20)8-9-22-10-12-23(13-11-22)18-4-2-1-3-5-18/h1-7,14H,8-13,15H2,(H,21,24). The van der Waals surface area contributed by atoms with Gasteiger partial charge in [0.25, 0.3) is 5.91 Å². The summed E-state index contributed by atoms with van der Waals surface area (Å²) in [6.07, 6.45) is 1.40. The van der Waals surface area contributed by atoms with Gasteiger partial charge in [0.1, 0.15) is 0 Å². The van der Waals surface area contributed by atoms with Gasteiger partial charge in [0.15, 0.2) is 5.75 Å². The molecule has 2 aromatic rings. The van der Waals surface area contributed by atoms with Gasteiger partial charge in [-0.05, 0) is 30.2 Å². The Morgan fingerprint density at radius 3 is 2.60 bits per heavy atom. The summed E-state index contributed by atoms with van der Waals surface area (Å²) in [5.74, 6) is 0.697. The van der Waals surface area contributed by atoms with E-state index in [2.05, 4.69) is 57.7 Å². The molecule has 0 atom stereocenters. The molecular weight excluding hydrogens is 314 g/mol. The molecule has 130 valence electrons. The van der Waals surface area contributed by atoms with Crippen molar-refractivity contribution in [1.29, 1.82) is 0 Å². The first kappa shape index (κ1) is 16.0. The van der Waals surface area contributed by atoms with Gasteiger partial charge in [0.05, 0.1) is 6.42 Å². The Hall–Kier alpha value is -2.53. The third-order valence-electron chi connectivity index (χ3n) is 4.97. The molecule has 1 saturated heterocycles. The van der Waals surface area contributed by atoms with Crippen LogP contribution in [0.25, 0.3) is 0 Å². The molecule has 0 saturated carbocycles. The van der Waals surface area contributed by atoms with E-state index in [0.717, 1.165) is 50.5 Å². The van der Waals surface area contributed by atoms with Gasteiger partial charge in [-0.3, -0.25) is 9.69 Å². The predicted octanol–water partition coefficient (Wildman–Crippen LogP) is 2.02. The summed E-state index contributed by atoms with van der Waals surface area (Å²) in [6.45, 7) is 5.37. The number of hydrogen-bond donors (Lipinski definition) is 1. The van der Waals surface area contributed by atoms with Crippen LogP contribution in [0.15, 0.2) is 48.5 Å². The zero-order valence-electron chi connectivity index (χ0n) is 14.3. The fourth-order valence-corrected chi connectivity index (χ4v) is 3.47. The lowest BCUT2D eigenvalue weighted by Gasteiger charge is -2.36. The summed E-state index contributed by atoms with van der Waals surface area (Å²) in [5.41, 5.74) is 5.96. The van der Waals surface area contributed by atoms with Crippen molar-refractivity contribution in [2.75, 3.05) is 37.6 Å². The third kappa shape index (κ3) is 3.77. The molecule has 1 amide bonds. The first-order valence-corrected chi connectivity index (χ1v) is 8.88. The number of carbonyl (C=O) groups is 1. The van der Waals surface area contributed by atoms with Crippen molar-refractivity contribution >= 4 is 11.6 Å². The molecule has 1 N–H and O–H groups in total. The maximum atomic E-state index is 11.3.